The van der Waals surface area contributed by atoms with E-state index in [2.05, 4.69) is 20.2 Å². The molecular formula is C25H24N8O4S. The molecule has 1 saturated heterocycles. The van der Waals surface area contributed by atoms with Crippen molar-refractivity contribution in [3.05, 3.63) is 52.7 Å². The molecule has 13 heteroatoms. The largest absolute Gasteiger partial charge is 0.378 e. The molecule has 6 rings (SSSR count). The fourth-order valence-electron chi connectivity index (χ4n) is 4.62. The number of hydroxylamine groups is 1. The maximum Gasteiger partial charge on any atom is 0.277 e. The molecule has 0 bridgehead atoms. The van der Waals surface area contributed by atoms with E-state index in [1.165, 1.54) is 12.4 Å². The highest BCUT2D eigenvalue weighted by atomic mass is 32.1. The minimum atomic E-state index is -0.669. The van der Waals surface area contributed by atoms with Crippen LogP contribution in [0.5, 0.6) is 0 Å². The van der Waals surface area contributed by atoms with Gasteiger partial charge in [0, 0.05) is 48.7 Å². The highest BCUT2D eigenvalue weighted by Gasteiger charge is 2.25. The number of anilines is 3. The average Bonchev–Trinajstić information content (AvgIpc) is 3.54. The van der Waals surface area contributed by atoms with Crippen LogP contribution in [0, 0.1) is 0 Å². The number of amides is 2. The van der Waals surface area contributed by atoms with Crippen molar-refractivity contribution in [3.63, 3.8) is 0 Å². The first-order chi connectivity index (χ1) is 18.5. The number of rotatable bonds is 6. The Morgan fingerprint density at radius 1 is 1.24 bits per heavy atom. The Hall–Kier alpha value is -4.20. The van der Waals surface area contributed by atoms with Gasteiger partial charge in [0.1, 0.15) is 0 Å². The maximum atomic E-state index is 12.1. The Bertz CT molecular complexity index is 1530. The number of thiophene rings is 1. The average molecular weight is 533 g/mol. The van der Waals surface area contributed by atoms with Gasteiger partial charge < -0.3 is 19.9 Å². The molecule has 0 atom stereocenters. The second-order valence-corrected chi connectivity index (χ2v) is 10.2. The Morgan fingerprint density at radius 2 is 2.03 bits per heavy atom. The topological polar surface area (TPSA) is 146 Å². The summed E-state index contributed by atoms with van der Waals surface area (Å²) in [6.45, 7) is 3.23. The zero-order valence-electron chi connectivity index (χ0n) is 20.5. The molecule has 2 aliphatic heterocycles. The Morgan fingerprint density at radius 3 is 2.79 bits per heavy atom. The van der Waals surface area contributed by atoms with Crippen LogP contribution in [0.25, 0.3) is 21.6 Å². The summed E-state index contributed by atoms with van der Waals surface area (Å²) in [6, 6.07) is 7.81. The lowest BCUT2D eigenvalue weighted by Gasteiger charge is -2.28. The number of ether oxygens (including phenoxy) is 1. The number of aromatic nitrogens is 4. The summed E-state index contributed by atoms with van der Waals surface area (Å²) in [5.41, 5.74) is 5.13. The third-order valence-corrected chi connectivity index (χ3v) is 7.59. The molecule has 0 saturated carbocycles. The van der Waals surface area contributed by atoms with Gasteiger partial charge in [-0.1, -0.05) is 12.1 Å². The molecule has 3 N–H and O–H groups in total. The monoisotopic (exact) mass is 532 g/mol. The van der Waals surface area contributed by atoms with Gasteiger partial charge in [-0.15, -0.1) is 11.3 Å². The van der Waals surface area contributed by atoms with Crippen LogP contribution in [0.15, 0.2) is 36.7 Å². The Balaban J connectivity index is 1.36. The van der Waals surface area contributed by atoms with Gasteiger partial charge in [0.15, 0.2) is 11.6 Å². The highest BCUT2D eigenvalue weighted by Crippen LogP contribution is 2.37. The zero-order chi connectivity index (χ0) is 26.2. The van der Waals surface area contributed by atoms with E-state index in [-0.39, 0.29) is 11.5 Å². The number of hydrogen-bond donors (Lipinski definition) is 3. The SMILES string of the molecule is CN(Cc1cc2nc(-c3cccc4c3CC(=O)N4)nc(N3CCOCC3)c2s1)c1ncc(C(=O)NO)cn1. The van der Waals surface area contributed by atoms with Crippen molar-refractivity contribution in [1.82, 2.24) is 25.4 Å². The summed E-state index contributed by atoms with van der Waals surface area (Å²) < 4.78 is 6.55. The van der Waals surface area contributed by atoms with Crippen LogP contribution in [0.2, 0.25) is 0 Å². The summed E-state index contributed by atoms with van der Waals surface area (Å²) in [6.07, 6.45) is 3.03. The lowest BCUT2D eigenvalue weighted by molar-refractivity contribution is -0.115. The fraction of sp³-hybridized carbons (Fsp3) is 0.280. The van der Waals surface area contributed by atoms with E-state index in [4.69, 9.17) is 19.9 Å². The molecule has 38 heavy (non-hydrogen) atoms. The minimum absolute atomic E-state index is 0.0324. The molecule has 0 spiro atoms. The minimum Gasteiger partial charge on any atom is -0.378 e. The van der Waals surface area contributed by atoms with E-state index < -0.39 is 5.91 Å². The zero-order valence-corrected chi connectivity index (χ0v) is 21.3. The number of carbonyl (C=O) groups is 2. The Labute approximate surface area is 221 Å². The number of nitrogens with zero attached hydrogens (tertiary/aromatic N) is 6. The van der Waals surface area contributed by atoms with Gasteiger partial charge in [0.2, 0.25) is 11.9 Å². The van der Waals surface area contributed by atoms with E-state index in [0.717, 1.165) is 50.8 Å². The van der Waals surface area contributed by atoms with Crippen LogP contribution in [-0.2, 0) is 22.5 Å². The number of fused-ring (bicyclic) bond motifs is 2. The third kappa shape index (κ3) is 4.51. The Kier molecular flexibility index (Phi) is 6.31. The molecule has 3 aromatic heterocycles. The van der Waals surface area contributed by atoms with E-state index in [9.17, 15) is 9.59 Å². The molecule has 0 aliphatic carbocycles. The number of morpholine rings is 1. The summed E-state index contributed by atoms with van der Waals surface area (Å²) in [7, 11) is 1.86. The normalized spacial score (nSPS) is 14.9. The van der Waals surface area contributed by atoms with E-state index >= 15 is 0 Å². The van der Waals surface area contributed by atoms with E-state index in [1.54, 1.807) is 16.8 Å². The molecule has 0 radical (unpaired) electrons. The van der Waals surface area contributed by atoms with Crippen LogP contribution in [0.4, 0.5) is 17.5 Å². The van der Waals surface area contributed by atoms with Gasteiger partial charge in [0.25, 0.3) is 5.91 Å². The highest BCUT2D eigenvalue weighted by molar-refractivity contribution is 7.19. The van der Waals surface area contributed by atoms with Crippen LogP contribution < -0.4 is 20.6 Å². The summed E-state index contributed by atoms with van der Waals surface area (Å²) in [4.78, 5) is 47.2. The van der Waals surface area contributed by atoms with E-state index in [1.807, 2.05) is 36.2 Å². The van der Waals surface area contributed by atoms with Crippen molar-refractivity contribution in [2.75, 3.05) is 48.5 Å². The lowest BCUT2D eigenvalue weighted by Crippen LogP contribution is -2.36. The second kappa shape index (κ2) is 9.93. The van der Waals surface area contributed by atoms with Crippen LogP contribution in [-0.4, -0.2) is 70.3 Å². The number of carbonyl (C=O) groups excluding carboxylic acids is 2. The molecule has 2 aliphatic rings. The first-order valence-corrected chi connectivity index (χ1v) is 12.8. The number of nitrogens with one attached hydrogen (secondary N) is 2. The smallest absolute Gasteiger partial charge is 0.277 e. The molecule has 0 unspecified atom stereocenters. The molecule has 2 amide bonds. The number of benzene rings is 1. The van der Waals surface area contributed by atoms with Crippen molar-refractivity contribution in [1.29, 1.82) is 0 Å². The molecule has 5 heterocycles. The summed E-state index contributed by atoms with van der Waals surface area (Å²) >= 11 is 1.61. The predicted molar refractivity (Wildman–Crippen MR) is 142 cm³/mol. The summed E-state index contributed by atoms with van der Waals surface area (Å²) in [5.74, 6) is 1.19. The van der Waals surface area contributed by atoms with Gasteiger partial charge >= 0.3 is 0 Å². The standard InChI is InChI=1S/C25H24N8O4S/c1-32(25-26-11-14(12-27-25)24(35)31-36)13-15-9-19-21(38-15)23(33-5-7-37-8-6-33)30-22(29-19)16-3-2-4-18-17(16)10-20(34)28-18/h2-4,9,11-12,36H,5-8,10,13H2,1H3,(H,28,34)(H,31,35). The van der Waals surface area contributed by atoms with Gasteiger partial charge in [-0.25, -0.2) is 25.4 Å². The third-order valence-electron chi connectivity index (χ3n) is 6.48. The van der Waals surface area contributed by atoms with Gasteiger partial charge in [0.05, 0.1) is 42.0 Å². The van der Waals surface area contributed by atoms with Crippen molar-refractivity contribution in [2.24, 2.45) is 0 Å². The predicted octanol–water partition coefficient (Wildman–Crippen LogP) is 2.23. The number of hydrogen-bond acceptors (Lipinski definition) is 11. The lowest BCUT2D eigenvalue weighted by atomic mass is 10.0. The van der Waals surface area contributed by atoms with Crippen molar-refractivity contribution < 1.29 is 19.5 Å². The molecule has 194 valence electrons. The van der Waals surface area contributed by atoms with Crippen molar-refractivity contribution >= 4 is 50.8 Å². The summed E-state index contributed by atoms with van der Waals surface area (Å²) in [5, 5.41) is 11.7. The second-order valence-electron chi connectivity index (χ2n) is 9.02. The van der Waals surface area contributed by atoms with E-state index in [0.29, 0.717) is 38.0 Å². The van der Waals surface area contributed by atoms with Gasteiger partial charge in [-0.05, 0) is 17.7 Å². The van der Waals surface area contributed by atoms with Gasteiger partial charge in [-0.3, -0.25) is 14.8 Å². The molecule has 1 aromatic carbocycles. The quantitative estimate of drug-likeness (QED) is 0.250. The van der Waals surface area contributed by atoms with Crippen LogP contribution in [0.3, 0.4) is 0 Å². The first-order valence-electron chi connectivity index (χ1n) is 12.0. The van der Waals surface area contributed by atoms with Crippen LogP contribution >= 0.6 is 11.3 Å². The van der Waals surface area contributed by atoms with Crippen molar-refractivity contribution in [3.8, 4) is 11.4 Å². The van der Waals surface area contributed by atoms with Crippen molar-refractivity contribution in [2.45, 2.75) is 13.0 Å². The molecule has 1 fully saturated rings. The molecular weight excluding hydrogens is 508 g/mol. The fourth-order valence-corrected chi connectivity index (χ4v) is 5.78. The first kappa shape index (κ1) is 24.2. The molecule has 12 nitrogen and oxygen atoms in total. The van der Waals surface area contributed by atoms with Gasteiger partial charge in [-0.2, -0.15) is 0 Å². The van der Waals surface area contributed by atoms with Crippen LogP contribution in [0.1, 0.15) is 20.8 Å². The maximum absolute atomic E-state index is 12.1. The molecule has 4 aromatic rings.